The normalized spacial score (nSPS) is 10.5. The van der Waals surface area contributed by atoms with E-state index in [0.717, 1.165) is 15.0 Å². The number of nitrogens with zero attached hydrogens (tertiary/aromatic N) is 2. The van der Waals surface area contributed by atoms with Crippen LogP contribution in [0.3, 0.4) is 0 Å². The zero-order chi connectivity index (χ0) is 16.2. The molecule has 0 aliphatic rings. The van der Waals surface area contributed by atoms with E-state index in [4.69, 9.17) is 16.3 Å². The van der Waals surface area contributed by atoms with Crippen molar-refractivity contribution in [3.63, 3.8) is 0 Å². The Labute approximate surface area is 150 Å². The molecule has 0 bridgehead atoms. The largest absolute Gasteiger partial charge is 0.455 e. The van der Waals surface area contributed by atoms with Gasteiger partial charge in [-0.25, -0.2) is 14.8 Å². The van der Waals surface area contributed by atoms with Gasteiger partial charge in [-0.2, -0.15) is 0 Å². The maximum atomic E-state index is 12.0. The molecule has 23 heavy (non-hydrogen) atoms. The number of aromatic nitrogens is 2. The first-order chi connectivity index (χ1) is 11.1. The Morgan fingerprint density at radius 1 is 1.30 bits per heavy atom. The molecule has 116 valence electrons. The van der Waals surface area contributed by atoms with Crippen molar-refractivity contribution in [2.24, 2.45) is 0 Å². The third-order valence-electron chi connectivity index (χ3n) is 2.95. The molecule has 2 aromatic heterocycles. The highest BCUT2D eigenvalue weighted by Gasteiger charge is 2.13. The first kappa shape index (κ1) is 16.1. The fraction of sp³-hybridized carbons (Fsp3) is 0.0625. The summed E-state index contributed by atoms with van der Waals surface area (Å²) in [5.74, 6) is -0.514. The van der Waals surface area contributed by atoms with Crippen LogP contribution >= 0.6 is 38.9 Å². The minimum Gasteiger partial charge on any atom is -0.455 e. The molecule has 0 aliphatic heterocycles. The number of esters is 1. The zero-order valence-corrected chi connectivity index (χ0v) is 14.9. The van der Waals surface area contributed by atoms with Crippen molar-refractivity contribution in [3.8, 4) is 10.6 Å². The fourth-order valence-electron chi connectivity index (χ4n) is 1.88. The molecule has 0 saturated heterocycles. The van der Waals surface area contributed by atoms with Crippen molar-refractivity contribution in [2.75, 3.05) is 0 Å². The Hall–Kier alpha value is -1.76. The molecule has 0 fully saturated rings. The van der Waals surface area contributed by atoms with Crippen LogP contribution in [0.15, 0.2) is 52.4 Å². The van der Waals surface area contributed by atoms with E-state index < -0.39 is 5.97 Å². The number of halogens is 2. The molecule has 0 spiro atoms. The molecule has 0 atom stereocenters. The smallest absolute Gasteiger partial charge is 0.341 e. The van der Waals surface area contributed by atoms with Crippen molar-refractivity contribution in [2.45, 2.75) is 6.61 Å². The van der Waals surface area contributed by atoms with Crippen LogP contribution in [-0.2, 0) is 11.3 Å². The number of pyridine rings is 1. The minimum atomic E-state index is -0.514. The highest BCUT2D eigenvalue weighted by Crippen LogP contribution is 2.26. The molecule has 0 aliphatic carbocycles. The van der Waals surface area contributed by atoms with E-state index in [1.807, 2.05) is 29.6 Å². The van der Waals surface area contributed by atoms with E-state index in [1.165, 1.54) is 17.5 Å². The molecular formula is C16H10BrClN2O2S. The summed E-state index contributed by atoms with van der Waals surface area (Å²) in [6.07, 6.45) is 1.52. The minimum absolute atomic E-state index is 0.0918. The van der Waals surface area contributed by atoms with Gasteiger partial charge >= 0.3 is 5.97 Å². The van der Waals surface area contributed by atoms with Gasteiger partial charge in [0.1, 0.15) is 16.8 Å². The second kappa shape index (κ2) is 7.21. The SMILES string of the molecule is O=C(OCc1csc(-c2cccc(Br)c2)n1)c1cccnc1Cl. The van der Waals surface area contributed by atoms with Gasteiger partial charge in [0, 0.05) is 21.6 Å². The molecule has 3 aromatic rings. The second-order valence-corrected chi connectivity index (χ2v) is 6.70. The Balaban J connectivity index is 1.68. The van der Waals surface area contributed by atoms with E-state index >= 15 is 0 Å². The Morgan fingerprint density at radius 2 is 2.17 bits per heavy atom. The molecule has 0 N–H and O–H groups in total. The summed E-state index contributed by atoms with van der Waals surface area (Å²) < 4.78 is 6.23. The molecular weight excluding hydrogens is 400 g/mol. The number of hydrogen-bond acceptors (Lipinski definition) is 5. The molecule has 2 heterocycles. The standard InChI is InChI=1S/C16H10BrClN2O2S/c17-11-4-1-3-10(7-11)15-20-12(9-23-15)8-22-16(21)13-5-2-6-19-14(13)18/h1-7,9H,8H2. The number of benzene rings is 1. The lowest BCUT2D eigenvalue weighted by atomic mass is 10.2. The van der Waals surface area contributed by atoms with Crippen LogP contribution in [0.4, 0.5) is 0 Å². The van der Waals surface area contributed by atoms with Crippen LogP contribution in [0.2, 0.25) is 5.15 Å². The summed E-state index contributed by atoms with van der Waals surface area (Å²) in [5, 5.41) is 2.87. The first-order valence-electron chi connectivity index (χ1n) is 6.61. The lowest BCUT2D eigenvalue weighted by Crippen LogP contribution is -2.06. The average molecular weight is 410 g/mol. The number of thiazole rings is 1. The van der Waals surface area contributed by atoms with Gasteiger partial charge in [-0.05, 0) is 24.3 Å². The van der Waals surface area contributed by atoms with Crippen molar-refractivity contribution in [1.82, 2.24) is 9.97 Å². The van der Waals surface area contributed by atoms with E-state index in [-0.39, 0.29) is 17.3 Å². The van der Waals surface area contributed by atoms with Crippen LogP contribution in [0.25, 0.3) is 10.6 Å². The van der Waals surface area contributed by atoms with Gasteiger partial charge in [0.15, 0.2) is 0 Å². The van der Waals surface area contributed by atoms with Crippen molar-refractivity contribution >= 4 is 44.8 Å². The number of carbonyl (C=O) groups excluding carboxylic acids is 1. The van der Waals surface area contributed by atoms with Crippen molar-refractivity contribution < 1.29 is 9.53 Å². The first-order valence-corrected chi connectivity index (χ1v) is 8.66. The highest BCUT2D eigenvalue weighted by atomic mass is 79.9. The number of carbonyl (C=O) groups is 1. The predicted molar refractivity (Wildman–Crippen MR) is 93.6 cm³/mol. The van der Waals surface area contributed by atoms with Crippen LogP contribution in [0.1, 0.15) is 16.1 Å². The molecule has 0 unspecified atom stereocenters. The lowest BCUT2D eigenvalue weighted by molar-refractivity contribution is 0.0468. The van der Waals surface area contributed by atoms with Crippen LogP contribution in [-0.4, -0.2) is 15.9 Å². The summed E-state index contributed by atoms with van der Waals surface area (Å²) in [4.78, 5) is 20.3. The summed E-state index contributed by atoms with van der Waals surface area (Å²) in [6, 6.07) is 11.1. The van der Waals surface area contributed by atoms with Crippen molar-refractivity contribution in [1.29, 1.82) is 0 Å². The Kier molecular flexibility index (Phi) is 5.05. The third-order valence-corrected chi connectivity index (χ3v) is 4.69. The number of ether oxygens (including phenoxy) is 1. The Morgan fingerprint density at radius 3 is 2.96 bits per heavy atom. The van der Waals surface area contributed by atoms with Gasteiger partial charge in [0.25, 0.3) is 0 Å². The molecule has 1 aromatic carbocycles. The lowest BCUT2D eigenvalue weighted by Gasteiger charge is -2.03. The number of rotatable bonds is 4. The molecule has 0 amide bonds. The van der Waals surface area contributed by atoms with Crippen LogP contribution in [0, 0.1) is 0 Å². The zero-order valence-electron chi connectivity index (χ0n) is 11.7. The Bertz CT molecular complexity index is 853. The maximum Gasteiger partial charge on any atom is 0.341 e. The molecule has 3 rings (SSSR count). The monoisotopic (exact) mass is 408 g/mol. The van der Waals surface area contributed by atoms with E-state index in [1.54, 1.807) is 12.1 Å². The predicted octanol–water partition coefficient (Wildman–Crippen LogP) is 4.98. The van der Waals surface area contributed by atoms with Gasteiger partial charge in [0.05, 0.1) is 11.3 Å². The molecule has 0 saturated carbocycles. The van der Waals surface area contributed by atoms with Crippen LogP contribution < -0.4 is 0 Å². The van der Waals surface area contributed by atoms with Crippen LogP contribution in [0.5, 0.6) is 0 Å². The summed E-state index contributed by atoms with van der Waals surface area (Å²) in [5.41, 5.74) is 1.95. The van der Waals surface area contributed by atoms with Gasteiger partial charge < -0.3 is 4.74 Å². The summed E-state index contributed by atoms with van der Waals surface area (Å²) >= 11 is 10.8. The van der Waals surface area contributed by atoms with E-state index in [0.29, 0.717) is 5.69 Å². The molecule has 0 radical (unpaired) electrons. The van der Waals surface area contributed by atoms with E-state index in [2.05, 4.69) is 25.9 Å². The summed E-state index contributed by atoms with van der Waals surface area (Å²) in [6.45, 7) is 0.0918. The fourth-order valence-corrected chi connectivity index (χ4v) is 3.28. The van der Waals surface area contributed by atoms with Gasteiger partial charge in [-0.3, -0.25) is 0 Å². The number of hydrogen-bond donors (Lipinski definition) is 0. The maximum absolute atomic E-state index is 12.0. The topological polar surface area (TPSA) is 52.1 Å². The van der Waals surface area contributed by atoms with E-state index in [9.17, 15) is 4.79 Å². The third kappa shape index (κ3) is 3.96. The summed E-state index contributed by atoms with van der Waals surface area (Å²) in [7, 11) is 0. The molecule has 7 heteroatoms. The van der Waals surface area contributed by atoms with Gasteiger partial charge in [0.2, 0.25) is 0 Å². The van der Waals surface area contributed by atoms with Crippen molar-refractivity contribution in [3.05, 3.63) is 68.9 Å². The average Bonchev–Trinajstić information content (AvgIpc) is 3.02. The van der Waals surface area contributed by atoms with Gasteiger partial charge in [-0.1, -0.05) is 39.7 Å². The molecule has 4 nitrogen and oxygen atoms in total. The second-order valence-electron chi connectivity index (χ2n) is 4.57. The highest BCUT2D eigenvalue weighted by molar-refractivity contribution is 9.10. The van der Waals surface area contributed by atoms with Gasteiger partial charge in [-0.15, -0.1) is 11.3 Å². The quantitative estimate of drug-likeness (QED) is 0.450.